The van der Waals surface area contributed by atoms with E-state index < -0.39 is 0 Å². The van der Waals surface area contributed by atoms with Crippen molar-refractivity contribution in [3.8, 4) is 0 Å². The Bertz CT molecular complexity index is 360. The molecule has 1 heterocycles. The smallest absolute Gasteiger partial charge is 0.309 e. The molecule has 3 rings (SSSR count). The van der Waals surface area contributed by atoms with Gasteiger partial charge < -0.3 is 4.74 Å². The van der Waals surface area contributed by atoms with Gasteiger partial charge in [-0.3, -0.25) is 4.79 Å². The van der Waals surface area contributed by atoms with Crippen LogP contribution in [0.2, 0.25) is 0 Å². The van der Waals surface area contributed by atoms with Crippen LogP contribution in [0.15, 0.2) is 12.2 Å². The lowest BCUT2D eigenvalue weighted by molar-refractivity contribution is -0.179. The lowest BCUT2D eigenvalue weighted by Crippen LogP contribution is -2.53. The molecule has 1 aliphatic heterocycles. The zero-order chi connectivity index (χ0) is 12.2. The second-order valence-electron chi connectivity index (χ2n) is 6.30. The molecule has 6 unspecified atom stereocenters. The van der Waals surface area contributed by atoms with E-state index in [0.29, 0.717) is 11.8 Å². The molecule has 3 aliphatic rings. The molecule has 17 heavy (non-hydrogen) atoms. The molecule has 6 atom stereocenters. The molecule has 2 nitrogen and oxygen atoms in total. The van der Waals surface area contributed by atoms with E-state index >= 15 is 0 Å². The number of hydrogen-bond donors (Lipinski definition) is 0. The van der Waals surface area contributed by atoms with Crippen molar-refractivity contribution < 1.29 is 9.53 Å². The van der Waals surface area contributed by atoms with E-state index in [1.807, 2.05) is 6.92 Å². The molecule has 0 bridgehead atoms. The fourth-order valence-corrected chi connectivity index (χ4v) is 4.40. The zero-order valence-corrected chi connectivity index (χ0v) is 10.8. The van der Waals surface area contributed by atoms with Crippen LogP contribution < -0.4 is 0 Å². The Hall–Kier alpha value is -0.790. The Labute approximate surface area is 103 Å². The van der Waals surface area contributed by atoms with Crippen LogP contribution in [-0.4, -0.2) is 12.1 Å². The summed E-state index contributed by atoms with van der Waals surface area (Å²) in [5, 5.41) is 0. The molecule has 3 fully saturated rings. The highest BCUT2D eigenvalue weighted by Crippen LogP contribution is 2.53. The van der Waals surface area contributed by atoms with Crippen molar-refractivity contribution in [2.45, 2.75) is 45.6 Å². The van der Waals surface area contributed by atoms with Gasteiger partial charge in [-0.25, -0.2) is 0 Å². The molecule has 0 amide bonds. The van der Waals surface area contributed by atoms with Crippen molar-refractivity contribution in [1.29, 1.82) is 0 Å². The minimum Gasteiger partial charge on any atom is -0.457 e. The SMILES string of the molecule is C=C1CCC2C(C)CCC3C(C)C(=O)OC1C23. The molecular formula is C15H22O2. The van der Waals surface area contributed by atoms with Crippen LogP contribution in [0.25, 0.3) is 0 Å². The third-order valence-corrected chi connectivity index (χ3v) is 5.48. The number of carbonyl (C=O) groups excluding carboxylic acids is 1. The highest BCUT2D eigenvalue weighted by Gasteiger charge is 2.52. The molecule has 0 spiro atoms. The first kappa shape index (κ1) is 11.3. The summed E-state index contributed by atoms with van der Waals surface area (Å²) in [5.41, 5.74) is 1.16. The Morgan fingerprint density at radius 3 is 2.71 bits per heavy atom. The first-order chi connectivity index (χ1) is 8.09. The largest absolute Gasteiger partial charge is 0.457 e. The second-order valence-corrected chi connectivity index (χ2v) is 6.30. The fourth-order valence-electron chi connectivity index (χ4n) is 4.40. The van der Waals surface area contributed by atoms with Crippen LogP contribution in [0.4, 0.5) is 0 Å². The Balaban J connectivity index is 1.96. The summed E-state index contributed by atoms with van der Waals surface area (Å²) in [5.74, 6) is 2.74. The number of rotatable bonds is 0. The topological polar surface area (TPSA) is 26.3 Å². The predicted octanol–water partition coefficient (Wildman–Crippen LogP) is 3.18. The first-order valence-corrected chi connectivity index (χ1v) is 6.97. The van der Waals surface area contributed by atoms with Crippen LogP contribution in [0.1, 0.15) is 39.5 Å². The van der Waals surface area contributed by atoms with E-state index in [4.69, 9.17) is 4.74 Å². The monoisotopic (exact) mass is 234 g/mol. The van der Waals surface area contributed by atoms with Gasteiger partial charge in [0.2, 0.25) is 0 Å². The van der Waals surface area contributed by atoms with Gasteiger partial charge in [-0.15, -0.1) is 0 Å². The van der Waals surface area contributed by atoms with Gasteiger partial charge in [0.05, 0.1) is 5.92 Å². The van der Waals surface area contributed by atoms with Gasteiger partial charge in [0.1, 0.15) is 6.10 Å². The molecule has 2 heteroatoms. The van der Waals surface area contributed by atoms with Crippen LogP contribution in [0, 0.1) is 29.6 Å². The van der Waals surface area contributed by atoms with Crippen LogP contribution in [-0.2, 0) is 9.53 Å². The highest BCUT2D eigenvalue weighted by molar-refractivity contribution is 5.74. The molecule has 1 saturated heterocycles. The average Bonchev–Trinajstić information content (AvgIpc) is 2.31. The minimum absolute atomic E-state index is 0.00704. The van der Waals surface area contributed by atoms with E-state index in [1.54, 1.807) is 0 Å². The molecule has 0 radical (unpaired) electrons. The van der Waals surface area contributed by atoms with Gasteiger partial charge in [0.25, 0.3) is 0 Å². The predicted molar refractivity (Wildman–Crippen MR) is 66.3 cm³/mol. The van der Waals surface area contributed by atoms with Crippen molar-refractivity contribution in [3.05, 3.63) is 12.2 Å². The van der Waals surface area contributed by atoms with Crippen molar-refractivity contribution in [1.82, 2.24) is 0 Å². The Morgan fingerprint density at radius 1 is 1.18 bits per heavy atom. The van der Waals surface area contributed by atoms with Crippen LogP contribution >= 0.6 is 0 Å². The number of ether oxygens (including phenoxy) is 1. The van der Waals surface area contributed by atoms with Gasteiger partial charge in [-0.05, 0) is 42.6 Å². The molecule has 94 valence electrons. The van der Waals surface area contributed by atoms with E-state index in [9.17, 15) is 4.79 Å². The molecule has 0 N–H and O–H groups in total. The van der Waals surface area contributed by atoms with Crippen LogP contribution in [0.5, 0.6) is 0 Å². The minimum atomic E-state index is 0.00704. The molecule has 0 aromatic carbocycles. The Morgan fingerprint density at radius 2 is 1.94 bits per heavy atom. The highest BCUT2D eigenvalue weighted by atomic mass is 16.5. The summed E-state index contributed by atoms with van der Waals surface area (Å²) in [6, 6.07) is 0. The Kier molecular flexibility index (Phi) is 2.57. The maximum absolute atomic E-state index is 11.9. The number of carbonyl (C=O) groups is 1. The summed E-state index contributed by atoms with van der Waals surface area (Å²) in [4.78, 5) is 11.9. The second kappa shape index (κ2) is 3.86. The molecule has 2 saturated carbocycles. The maximum atomic E-state index is 11.9. The van der Waals surface area contributed by atoms with Gasteiger partial charge in [0.15, 0.2) is 0 Å². The molecule has 2 aliphatic carbocycles. The zero-order valence-electron chi connectivity index (χ0n) is 10.8. The molecular weight excluding hydrogens is 212 g/mol. The number of hydrogen-bond acceptors (Lipinski definition) is 2. The lowest BCUT2D eigenvalue weighted by atomic mass is 9.56. The summed E-state index contributed by atoms with van der Waals surface area (Å²) >= 11 is 0. The summed E-state index contributed by atoms with van der Waals surface area (Å²) in [6.07, 6.45) is 4.81. The third kappa shape index (κ3) is 1.56. The van der Waals surface area contributed by atoms with Crippen LogP contribution in [0.3, 0.4) is 0 Å². The first-order valence-electron chi connectivity index (χ1n) is 6.97. The fraction of sp³-hybridized carbons (Fsp3) is 0.800. The van der Waals surface area contributed by atoms with Gasteiger partial charge in [-0.2, -0.15) is 0 Å². The van der Waals surface area contributed by atoms with Gasteiger partial charge >= 0.3 is 5.97 Å². The lowest BCUT2D eigenvalue weighted by Gasteiger charge is -2.53. The van der Waals surface area contributed by atoms with E-state index in [2.05, 4.69) is 13.5 Å². The van der Waals surface area contributed by atoms with Gasteiger partial charge in [-0.1, -0.05) is 26.8 Å². The molecule has 0 aromatic heterocycles. The van der Waals surface area contributed by atoms with Crippen molar-refractivity contribution >= 4 is 5.97 Å². The average molecular weight is 234 g/mol. The van der Waals surface area contributed by atoms with Crippen molar-refractivity contribution in [2.75, 3.05) is 0 Å². The number of esters is 1. The standard InChI is InChI=1S/C15H22O2/c1-8-4-7-12-10(3)15(16)17-14-9(2)5-6-11(8)13(12)14/h8,10-14H,2,4-7H2,1,3H3. The third-order valence-electron chi connectivity index (χ3n) is 5.48. The summed E-state index contributed by atoms with van der Waals surface area (Å²) < 4.78 is 5.66. The normalized spacial score (nSPS) is 49.5. The summed E-state index contributed by atoms with van der Waals surface area (Å²) in [6.45, 7) is 8.55. The maximum Gasteiger partial charge on any atom is 0.309 e. The summed E-state index contributed by atoms with van der Waals surface area (Å²) in [7, 11) is 0. The quantitative estimate of drug-likeness (QED) is 0.475. The van der Waals surface area contributed by atoms with Crippen molar-refractivity contribution in [3.63, 3.8) is 0 Å². The van der Waals surface area contributed by atoms with Crippen molar-refractivity contribution in [2.24, 2.45) is 29.6 Å². The van der Waals surface area contributed by atoms with E-state index in [0.717, 1.165) is 23.8 Å². The van der Waals surface area contributed by atoms with Gasteiger partial charge in [0, 0.05) is 5.92 Å². The van der Waals surface area contributed by atoms with E-state index in [1.165, 1.54) is 19.3 Å². The molecule has 0 aromatic rings. The van der Waals surface area contributed by atoms with E-state index in [-0.39, 0.29) is 18.0 Å².